The van der Waals surface area contributed by atoms with E-state index in [1.54, 1.807) is 20.8 Å². The van der Waals surface area contributed by atoms with E-state index >= 15 is 0 Å². The zero-order chi connectivity index (χ0) is 18.6. The molecule has 0 radical (unpaired) electrons. The average Bonchev–Trinajstić information content (AvgIpc) is 2.44. The summed E-state index contributed by atoms with van der Waals surface area (Å²) in [4.78, 5) is 22.8. The number of hydrogen-bond acceptors (Lipinski definition) is 7. The van der Waals surface area contributed by atoms with Crippen molar-refractivity contribution >= 4 is 33.8 Å². The summed E-state index contributed by atoms with van der Waals surface area (Å²) in [7, 11) is -1.14. The number of carbonyl (C=O) groups is 2. The number of hydrogen-bond donors (Lipinski definition) is 0. The second kappa shape index (κ2) is 12.5. The summed E-state index contributed by atoms with van der Waals surface area (Å²) in [5.74, 6) is -1.09. The molecular weight excluding hydrogens is 356 g/mol. The number of esters is 2. The van der Waals surface area contributed by atoms with Gasteiger partial charge in [0, 0.05) is 19.1 Å². The topological polar surface area (TPSA) is 96.0 Å². The Balaban J connectivity index is 3.57. The number of unbranched alkanes of at least 4 members (excludes halogenated alkanes) is 3. The van der Waals surface area contributed by atoms with Crippen LogP contribution in [0, 0.1) is 0 Å². The van der Waals surface area contributed by atoms with Crippen LogP contribution >= 0.6 is 0 Å². The molecule has 0 aromatic heterocycles. The Morgan fingerprint density at radius 3 is 1.71 bits per heavy atom. The molecule has 9 heteroatoms. The predicted molar refractivity (Wildman–Crippen MR) is 92.7 cm³/mol. The lowest BCUT2D eigenvalue weighted by atomic mass is 10.1. The van der Waals surface area contributed by atoms with Gasteiger partial charge in [-0.3, -0.25) is 18.0 Å². The van der Waals surface area contributed by atoms with Crippen LogP contribution in [0.2, 0.25) is 0 Å². The minimum atomic E-state index is -1.65. The lowest BCUT2D eigenvalue weighted by molar-refractivity contribution is -0.142. The third-order valence-electron chi connectivity index (χ3n) is 2.56. The molecule has 0 saturated heterocycles. The normalized spacial score (nSPS) is 14.0. The van der Waals surface area contributed by atoms with Gasteiger partial charge in [0.25, 0.3) is 0 Å². The van der Waals surface area contributed by atoms with Crippen molar-refractivity contribution in [3.05, 3.63) is 0 Å². The number of rotatable bonds is 12. The Labute approximate surface area is 148 Å². The van der Waals surface area contributed by atoms with Gasteiger partial charge < -0.3 is 9.47 Å². The van der Waals surface area contributed by atoms with Crippen molar-refractivity contribution in [2.75, 3.05) is 18.1 Å². The predicted octanol–water partition coefficient (Wildman–Crippen LogP) is 2.19. The fourth-order valence-corrected chi connectivity index (χ4v) is 2.73. The molecule has 0 amide bonds. The Morgan fingerprint density at radius 2 is 1.29 bits per heavy atom. The molecule has 0 aromatic carbocycles. The zero-order valence-corrected chi connectivity index (χ0v) is 16.5. The first kappa shape index (κ1) is 23.2. The van der Waals surface area contributed by atoms with E-state index in [0.29, 0.717) is 12.8 Å². The summed E-state index contributed by atoms with van der Waals surface area (Å²) >= 11 is -1.65. The molecule has 24 heavy (non-hydrogen) atoms. The molecule has 0 aliphatic carbocycles. The van der Waals surface area contributed by atoms with Gasteiger partial charge in [0.15, 0.2) is 23.0 Å². The van der Waals surface area contributed by atoms with Crippen molar-refractivity contribution in [1.82, 2.24) is 0 Å². The molecule has 0 heterocycles. The Kier molecular flexibility index (Phi) is 12.1. The fourth-order valence-electron chi connectivity index (χ4n) is 1.60. The third kappa shape index (κ3) is 16.1. The van der Waals surface area contributed by atoms with Crippen LogP contribution in [0.1, 0.15) is 59.3 Å². The Hall–Kier alpha value is -0.800. The highest BCUT2D eigenvalue weighted by atomic mass is 32.2. The molecule has 7 nitrogen and oxygen atoms in total. The van der Waals surface area contributed by atoms with Crippen molar-refractivity contribution in [1.29, 1.82) is 0 Å². The summed E-state index contributed by atoms with van der Waals surface area (Å²) in [5, 5.41) is 0. The second-order valence-corrected chi connectivity index (χ2v) is 8.65. The van der Waals surface area contributed by atoms with Gasteiger partial charge in [0.1, 0.15) is 0 Å². The van der Waals surface area contributed by atoms with Gasteiger partial charge in [0.2, 0.25) is 0 Å². The monoisotopic (exact) mass is 384 g/mol. The summed E-state index contributed by atoms with van der Waals surface area (Å²) in [6.45, 7) is 5.30. The molecule has 0 aliphatic heterocycles. The van der Waals surface area contributed by atoms with Crippen LogP contribution in [0.15, 0.2) is 0 Å². The van der Waals surface area contributed by atoms with E-state index in [9.17, 15) is 18.0 Å². The summed E-state index contributed by atoms with van der Waals surface area (Å²) in [6, 6.07) is 0. The van der Waals surface area contributed by atoms with Crippen LogP contribution in [0.4, 0.5) is 0 Å². The van der Waals surface area contributed by atoms with Crippen LogP contribution in [0.5, 0.6) is 0 Å². The lowest BCUT2D eigenvalue weighted by Gasteiger charge is -2.17. The van der Waals surface area contributed by atoms with Crippen LogP contribution in [-0.4, -0.2) is 44.1 Å². The highest BCUT2D eigenvalue weighted by Crippen LogP contribution is 2.10. The van der Waals surface area contributed by atoms with E-state index in [0.717, 1.165) is 12.8 Å². The number of carbonyl (C=O) groups excluding carboxylic acids is 2. The molecule has 0 bridgehead atoms. The first-order valence-electron chi connectivity index (χ1n) is 7.79. The molecule has 2 unspecified atom stereocenters. The van der Waals surface area contributed by atoms with Crippen molar-refractivity contribution in [2.24, 2.45) is 0 Å². The minimum Gasteiger partial charge on any atom is -0.452 e. The van der Waals surface area contributed by atoms with Crippen molar-refractivity contribution in [3.8, 4) is 0 Å². The molecule has 2 atom stereocenters. The summed E-state index contributed by atoms with van der Waals surface area (Å²) in [6.07, 6.45) is 4.86. The SMILES string of the molecule is CS(=O)COC(=O)CCCCCCC(=O)OCS(=O)OC(C)(C)C. The van der Waals surface area contributed by atoms with Gasteiger partial charge in [-0.25, -0.2) is 4.21 Å². The fraction of sp³-hybridized carbons (Fsp3) is 0.867. The van der Waals surface area contributed by atoms with E-state index in [1.807, 2.05) is 0 Å². The van der Waals surface area contributed by atoms with Gasteiger partial charge in [-0.1, -0.05) is 12.8 Å². The van der Waals surface area contributed by atoms with Gasteiger partial charge in [-0.05, 0) is 33.6 Å². The minimum absolute atomic E-state index is 0.0645. The highest BCUT2D eigenvalue weighted by molar-refractivity contribution is 7.84. The van der Waals surface area contributed by atoms with E-state index in [2.05, 4.69) is 0 Å². The molecule has 0 N–H and O–H groups in total. The molecule has 0 saturated carbocycles. The van der Waals surface area contributed by atoms with E-state index < -0.39 is 33.5 Å². The largest absolute Gasteiger partial charge is 0.452 e. The third-order valence-corrected chi connectivity index (χ3v) is 4.00. The van der Waals surface area contributed by atoms with Crippen LogP contribution in [-0.2, 0) is 45.1 Å². The standard InChI is InChI=1S/C15H28O7S2/c1-15(2,3)22-24(19)12-21-14(17)10-8-6-5-7-9-13(16)20-11-23(4)18/h5-12H2,1-4H3. The summed E-state index contributed by atoms with van der Waals surface area (Å²) < 4.78 is 37.0. The van der Waals surface area contributed by atoms with Gasteiger partial charge in [-0.15, -0.1) is 0 Å². The van der Waals surface area contributed by atoms with E-state index in [-0.39, 0.29) is 30.7 Å². The van der Waals surface area contributed by atoms with Gasteiger partial charge >= 0.3 is 11.9 Å². The maximum atomic E-state index is 11.5. The maximum absolute atomic E-state index is 11.5. The van der Waals surface area contributed by atoms with Gasteiger partial charge in [-0.2, -0.15) is 0 Å². The average molecular weight is 385 g/mol. The van der Waals surface area contributed by atoms with Crippen molar-refractivity contribution in [2.45, 2.75) is 64.9 Å². The van der Waals surface area contributed by atoms with Crippen LogP contribution in [0.3, 0.4) is 0 Å². The Bertz CT molecular complexity index is 444. The first-order chi connectivity index (χ1) is 11.1. The molecule has 0 aromatic rings. The summed E-state index contributed by atoms with van der Waals surface area (Å²) in [5.41, 5.74) is -0.551. The second-order valence-electron chi connectivity index (χ2n) is 6.26. The molecular formula is C15H28O7S2. The Morgan fingerprint density at radius 1 is 0.833 bits per heavy atom. The molecule has 142 valence electrons. The molecule has 0 spiro atoms. The molecule has 0 rings (SSSR count). The van der Waals surface area contributed by atoms with Crippen LogP contribution < -0.4 is 0 Å². The maximum Gasteiger partial charge on any atom is 0.306 e. The highest BCUT2D eigenvalue weighted by Gasteiger charge is 2.16. The zero-order valence-electron chi connectivity index (χ0n) is 14.8. The smallest absolute Gasteiger partial charge is 0.306 e. The van der Waals surface area contributed by atoms with E-state index in [1.165, 1.54) is 6.26 Å². The van der Waals surface area contributed by atoms with E-state index in [4.69, 9.17) is 13.7 Å². The molecule has 0 fully saturated rings. The number of ether oxygens (including phenoxy) is 2. The molecule has 0 aliphatic rings. The van der Waals surface area contributed by atoms with Crippen LogP contribution in [0.25, 0.3) is 0 Å². The first-order valence-corrected chi connectivity index (χ1v) is 10.8. The van der Waals surface area contributed by atoms with Gasteiger partial charge in [0.05, 0.1) is 16.4 Å². The van der Waals surface area contributed by atoms with Crippen molar-refractivity contribution in [3.63, 3.8) is 0 Å². The lowest BCUT2D eigenvalue weighted by Crippen LogP contribution is -2.23. The van der Waals surface area contributed by atoms with Crippen molar-refractivity contribution < 1.29 is 31.7 Å². The quantitative estimate of drug-likeness (QED) is 0.376.